The fourth-order valence-corrected chi connectivity index (χ4v) is 3.35. The van der Waals surface area contributed by atoms with Crippen LogP contribution in [0.4, 0.5) is 5.69 Å². The van der Waals surface area contributed by atoms with Gasteiger partial charge in [-0.05, 0) is 44.0 Å². The van der Waals surface area contributed by atoms with E-state index in [-0.39, 0.29) is 18.0 Å². The van der Waals surface area contributed by atoms with E-state index >= 15 is 0 Å². The van der Waals surface area contributed by atoms with Crippen molar-refractivity contribution in [3.05, 3.63) is 29.3 Å². The summed E-state index contributed by atoms with van der Waals surface area (Å²) in [6.07, 6.45) is 4.27. The van der Waals surface area contributed by atoms with Gasteiger partial charge < -0.3 is 15.5 Å². The van der Waals surface area contributed by atoms with Gasteiger partial charge in [0.05, 0.1) is 6.04 Å². The van der Waals surface area contributed by atoms with Crippen LogP contribution in [0.5, 0.6) is 0 Å². The second kappa shape index (κ2) is 6.67. The first-order valence-corrected chi connectivity index (χ1v) is 8.14. The van der Waals surface area contributed by atoms with Crippen molar-refractivity contribution in [3.8, 4) is 0 Å². The van der Waals surface area contributed by atoms with Gasteiger partial charge in [0.1, 0.15) is 0 Å². The third kappa shape index (κ3) is 3.69. The number of carbonyl (C=O) groups excluding carboxylic acids is 1. The van der Waals surface area contributed by atoms with Gasteiger partial charge in [-0.2, -0.15) is 0 Å². The zero-order valence-corrected chi connectivity index (χ0v) is 12.9. The Hall–Kier alpha value is -1.26. The molecule has 0 spiro atoms. The van der Waals surface area contributed by atoms with Gasteiger partial charge in [0.25, 0.3) is 0 Å². The maximum atomic E-state index is 12.2. The highest BCUT2D eigenvalue weighted by Crippen LogP contribution is 2.23. The number of carbonyl (C=O) groups is 1. The summed E-state index contributed by atoms with van der Waals surface area (Å²) in [5, 5.41) is 7.24. The van der Waals surface area contributed by atoms with Gasteiger partial charge in [0.2, 0.25) is 5.91 Å². The van der Waals surface area contributed by atoms with Crippen LogP contribution in [-0.2, 0) is 4.79 Å². The molecule has 2 aliphatic heterocycles. The normalized spacial score (nSPS) is 25.9. The SMILES string of the molecule is O=C(NC1CCN(c2cccc(Cl)c2)C1)[C@H]1CCCCN1. The summed E-state index contributed by atoms with van der Waals surface area (Å²) in [5.74, 6) is 0.160. The predicted octanol–water partition coefficient (Wildman–Crippen LogP) is 2.18. The molecular weight excluding hydrogens is 286 g/mol. The molecule has 2 heterocycles. The van der Waals surface area contributed by atoms with Crippen LogP contribution in [0, 0.1) is 0 Å². The Morgan fingerprint density at radius 3 is 3.00 bits per heavy atom. The molecule has 0 bridgehead atoms. The Balaban J connectivity index is 1.53. The first-order chi connectivity index (χ1) is 10.2. The molecule has 1 unspecified atom stereocenters. The molecule has 2 aliphatic rings. The molecule has 0 aromatic heterocycles. The van der Waals surface area contributed by atoms with Crippen molar-refractivity contribution in [3.63, 3.8) is 0 Å². The largest absolute Gasteiger partial charge is 0.369 e. The Kier molecular flexibility index (Phi) is 4.66. The molecule has 114 valence electrons. The number of rotatable bonds is 3. The van der Waals surface area contributed by atoms with Crippen molar-refractivity contribution in [2.45, 2.75) is 37.8 Å². The number of nitrogens with zero attached hydrogens (tertiary/aromatic N) is 1. The lowest BCUT2D eigenvalue weighted by molar-refractivity contribution is -0.124. The van der Waals surface area contributed by atoms with Crippen LogP contribution in [0.2, 0.25) is 5.02 Å². The molecule has 0 aliphatic carbocycles. The van der Waals surface area contributed by atoms with Crippen LogP contribution in [-0.4, -0.2) is 37.6 Å². The molecule has 4 nitrogen and oxygen atoms in total. The summed E-state index contributed by atoms with van der Waals surface area (Å²) in [6.45, 7) is 2.78. The van der Waals surface area contributed by atoms with Crippen LogP contribution < -0.4 is 15.5 Å². The Labute approximate surface area is 130 Å². The zero-order chi connectivity index (χ0) is 14.7. The second-order valence-electron chi connectivity index (χ2n) is 5.92. The van der Waals surface area contributed by atoms with E-state index in [0.29, 0.717) is 0 Å². The van der Waals surface area contributed by atoms with E-state index in [1.54, 1.807) is 0 Å². The molecule has 1 aromatic carbocycles. The fourth-order valence-electron chi connectivity index (χ4n) is 3.16. The minimum Gasteiger partial charge on any atom is -0.369 e. The standard InChI is InChI=1S/C16H22ClN3O/c17-12-4-3-5-14(10-12)20-9-7-13(11-20)19-16(21)15-6-1-2-8-18-15/h3-5,10,13,15,18H,1-2,6-9,11H2,(H,19,21)/t13?,15-/m1/s1. The Morgan fingerprint density at radius 1 is 1.33 bits per heavy atom. The Bertz CT molecular complexity index is 502. The number of benzene rings is 1. The number of hydrogen-bond acceptors (Lipinski definition) is 3. The average Bonchev–Trinajstić information content (AvgIpc) is 2.97. The molecule has 2 N–H and O–H groups in total. The van der Waals surface area contributed by atoms with Gasteiger partial charge in [0, 0.05) is 29.8 Å². The van der Waals surface area contributed by atoms with Gasteiger partial charge in [-0.1, -0.05) is 24.1 Å². The quantitative estimate of drug-likeness (QED) is 0.899. The summed E-state index contributed by atoms with van der Waals surface area (Å²) in [5.41, 5.74) is 1.13. The third-order valence-electron chi connectivity index (χ3n) is 4.33. The highest BCUT2D eigenvalue weighted by molar-refractivity contribution is 6.30. The average molecular weight is 308 g/mol. The lowest BCUT2D eigenvalue weighted by Crippen LogP contribution is -2.50. The molecule has 2 fully saturated rings. The van der Waals surface area contributed by atoms with Gasteiger partial charge in [-0.15, -0.1) is 0 Å². The van der Waals surface area contributed by atoms with Gasteiger partial charge >= 0.3 is 0 Å². The number of hydrogen-bond donors (Lipinski definition) is 2. The topological polar surface area (TPSA) is 44.4 Å². The van der Waals surface area contributed by atoms with Crippen molar-refractivity contribution >= 4 is 23.2 Å². The van der Waals surface area contributed by atoms with Crippen LogP contribution >= 0.6 is 11.6 Å². The molecule has 1 aromatic rings. The van der Waals surface area contributed by atoms with Gasteiger partial charge in [-0.25, -0.2) is 0 Å². The molecule has 2 saturated heterocycles. The van der Waals surface area contributed by atoms with Crippen molar-refractivity contribution < 1.29 is 4.79 Å². The molecule has 0 radical (unpaired) electrons. The van der Waals surface area contributed by atoms with E-state index in [9.17, 15) is 4.79 Å². The number of halogens is 1. The lowest BCUT2D eigenvalue weighted by atomic mass is 10.0. The first-order valence-electron chi connectivity index (χ1n) is 7.76. The summed E-state index contributed by atoms with van der Waals surface area (Å²) in [4.78, 5) is 14.5. The maximum Gasteiger partial charge on any atom is 0.237 e. The van der Waals surface area contributed by atoms with E-state index in [2.05, 4.69) is 21.6 Å². The van der Waals surface area contributed by atoms with E-state index < -0.39 is 0 Å². The molecule has 1 amide bonds. The summed E-state index contributed by atoms with van der Waals surface area (Å²) < 4.78 is 0. The summed E-state index contributed by atoms with van der Waals surface area (Å²) >= 11 is 6.04. The van der Waals surface area contributed by atoms with E-state index in [1.165, 1.54) is 6.42 Å². The van der Waals surface area contributed by atoms with E-state index in [0.717, 1.165) is 49.6 Å². The zero-order valence-electron chi connectivity index (χ0n) is 12.1. The van der Waals surface area contributed by atoms with Crippen molar-refractivity contribution in [2.75, 3.05) is 24.5 Å². The lowest BCUT2D eigenvalue weighted by Gasteiger charge is -2.24. The molecular formula is C16H22ClN3O. The van der Waals surface area contributed by atoms with E-state index in [1.807, 2.05) is 18.2 Å². The molecule has 3 rings (SSSR count). The summed E-state index contributed by atoms with van der Waals surface area (Å²) in [7, 11) is 0. The number of anilines is 1. The van der Waals surface area contributed by atoms with Crippen LogP contribution in [0.15, 0.2) is 24.3 Å². The minimum absolute atomic E-state index is 0.000954. The molecule has 2 atom stereocenters. The number of piperidine rings is 1. The second-order valence-corrected chi connectivity index (χ2v) is 6.36. The van der Waals surface area contributed by atoms with Crippen molar-refractivity contribution in [1.29, 1.82) is 0 Å². The smallest absolute Gasteiger partial charge is 0.237 e. The van der Waals surface area contributed by atoms with E-state index in [4.69, 9.17) is 11.6 Å². The predicted molar refractivity (Wildman–Crippen MR) is 85.9 cm³/mol. The number of amides is 1. The third-order valence-corrected chi connectivity index (χ3v) is 4.57. The van der Waals surface area contributed by atoms with Crippen LogP contribution in [0.1, 0.15) is 25.7 Å². The van der Waals surface area contributed by atoms with Crippen molar-refractivity contribution in [2.24, 2.45) is 0 Å². The number of nitrogens with one attached hydrogen (secondary N) is 2. The monoisotopic (exact) mass is 307 g/mol. The maximum absolute atomic E-state index is 12.2. The molecule has 21 heavy (non-hydrogen) atoms. The Morgan fingerprint density at radius 2 is 2.24 bits per heavy atom. The highest BCUT2D eigenvalue weighted by atomic mass is 35.5. The molecule has 5 heteroatoms. The van der Waals surface area contributed by atoms with Crippen LogP contribution in [0.25, 0.3) is 0 Å². The first kappa shape index (κ1) is 14.7. The van der Waals surface area contributed by atoms with Gasteiger partial charge in [-0.3, -0.25) is 4.79 Å². The summed E-state index contributed by atoms with van der Waals surface area (Å²) in [6, 6.07) is 8.14. The van der Waals surface area contributed by atoms with Gasteiger partial charge in [0.15, 0.2) is 0 Å². The highest BCUT2D eigenvalue weighted by Gasteiger charge is 2.27. The minimum atomic E-state index is -0.000954. The fraction of sp³-hybridized carbons (Fsp3) is 0.562. The van der Waals surface area contributed by atoms with Crippen LogP contribution in [0.3, 0.4) is 0 Å². The van der Waals surface area contributed by atoms with Crippen molar-refractivity contribution in [1.82, 2.24) is 10.6 Å². The molecule has 0 saturated carbocycles.